The van der Waals surface area contributed by atoms with Crippen molar-refractivity contribution in [3.63, 3.8) is 0 Å². The molecule has 260 valence electrons. The number of nitrogens with one attached hydrogen (secondary N) is 1. The van der Waals surface area contributed by atoms with E-state index in [1.54, 1.807) is 6.92 Å². The molecule has 0 heterocycles. The molecule has 1 amide bonds. The maximum absolute atomic E-state index is 14.6. The van der Waals surface area contributed by atoms with Gasteiger partial charge in [0.15, 0.2) is 0 Å². The van der Waals surface area contributed by atoms with Gasteiger partial charge in [0.1, 0.15) is 12.1 Å². The number of rotatable bonds is 8. The van der Waals surface area contributed by atoms with Gasteiger partial charge in [-0.1, -0.05) is 76.5 Å². The average Bonchev–Trinajstić information content (AvgIpc) is 3.38. The lowest BCUT2D eigenvalue weighted by molar-refractivity contribution is -0.248. The van der Waals surface area contributed by atoms with Gasteiger partial charge in [0.2, 0.25) is 5.91 Å². The molecule has 5 rings (SSSR count). The normalized spacial score (nSPS) is 43.3. The molecule has 5 fully saturated rings. The minimum absolute atomic E-state index is 0.0211. The van der Waals surface area contributed by atoms with Gasteiger partial charge >= 0.3 is 11.9 Å². The number of carbonyl (C=O) groups excluding carboxylic acids is 3. The molecule has 5 aliphatic rings. The number of hydrogen-bond acceptors (Lipinski definition) is 5. The molecule has 2 unspecified atom stereocenters. The number of alkyl halides is 1. The lowest BCUT2D eigenvalue weighted by atomic mass is 9.32. The maximum atomic E-state index is 14.6. The summed E-state index contributed by atoms with van der Waals surface area (Å²) < 4.78 is 11.1. The van der Waals surface area contributed by atoms with Gasteiger partial charge in [-0.05, 0) is 122 Å². The van der Waals surface area contributed by atoms with Crippen LogP contribution in [-0.4, -0.2) is 42.4 Å². The Kier molecular flexibility index (Phi) is 9.77. The standard InChI is InChI=1S/C39H62BrNO5/c1-23(2)21-28(33(43)45-10)41-34(44)39-18-13-26(24(3)22-40)32(39)27-11-12-30-36(7)16-15-31(46-25(4)42)35(5,6)29(36)14-17-38(30,9)37(27,8)19-20-39/h23,26-32H,3,11-22H2,1-2,4-10H3,(H,41,44)/t26-,27+,28-,29-,30?,31?,32+,36-,37+,38+,39-/m0/s1. The van der Waals surface area contributed by atoms with E-state index in [0.717, 1.165) is 56.7 Å². The molecule has 5 saturated carbocycles. The summed E-state index contributed by atoms with van der Waals surface area (Å²) in [4.78, 5) is 39.5. The summed E-state index contributed by atoms with van der Waals surface area (Å²) in [7, 11) is 1.42. The summed E-state index contributed by atoms with van der Waals surface area (Å²) >= 11 is 3.74. The quantitative estimate of drug-likeness (QED) is 0.155. The van der Waals surface area contributed by atoms with Crippen molar-refractivity contribution in [2.45, 2.75) is 138 Å². The van der Waals surface area contributed by atoms with Crippen LogP contribution in [0.3, 0.4) is 0 Å². The zero-order valence-corrected chi connectivity index (χ0v) is 31.8. The first-order chi connectivity index (χ1) is 21.4. The fourth-order valence-electron chi connectivity index (χ4n) is 13.1. The van der Waals surface area contributed by atoms with Crippen LogP contribution in [0.5, 0.6) is 0 Å². The van der Waals surface area contributed by atoms with Crippen LogP contribution in [0.4, 0.5) is 0 Å². The van der Waals surface area contributed by atoms with Crippen molar-refractivity contribution in [2.75, 3.05) is 12.4 Å². The summed E-state index contributed by atoms with van der Waals surface area (Å²) in [5.41, 5.74) is 1.11. The second-order valence-electron chi connectivity index (χ2n) is 17.9. The molecule has 0 spiro atoms. The number of carbonyl (C=O) groups is 3. The predicted octanol–water partition coefficient (Wildman–Crippen LogP) is 8.65. The fourth-order valence-corrected chi connectivity index (χ4v) is 13.5. The summed E-state index contributed by atoms with van der Waals surface area (Å²) in [5, 5.41) is 4.02. The SMILES string of the molecule is C=C(CBr)[C@@H]1CC[C@]2(C(=O)N[C@@H](CC(C)C)C(=O)OC)CC[C@]3(C)[C@H](CCC4[C@@]5(C)CCC(OC(C)=O)C(C)(C)[C@@H]5CC[C@]43C)[C@@H]12. The van der Waals surface area contributed by atoms with Gasteiger partial charge in [-0.25, -0.2) is 4.79 Å². The molecule has 0 aliphatic heterocycles. The van der Waals surface area contributed by atoms with E-state index in [-0.39, 0.29) is 57.4 Å². The van der Waals surface area contributed by atoms with Crippen LogP contribution < -0.4 is 5.32 Å². The number of hydrogen-bond donors (Lipinski definition) is 1. The molecule has 0 aromatic carbocycles. The first-order valence-electron chi connectivity index (χ1n) is 18.2. The number of allylic oxidation sites excluding steroid dienone is 1. The molecule has 46 heavy (non-hydrogen) atoms. The third kappa shape index (κ3) is 5.34. The third-order valence-corrected chi connectivity index (χ3v) is 16.0. The number of ether oxygens (including phenoxy) is 2. The van der Waals surface area contributed by atoms with Crippen molar-refractivity contribution in [1.82, 2.24) is 5.32 Å². The Morgan fingerprint density at radius 2 is 1.59 bits per heavy atom. The van der Waals surface area contributed by atoms with Crippen LogP contribution in [-0.2, 0) is 23.9 Å². The van der Waals surface area contributed by atoms with Gasteiger partial charge in [0, 0.05) is 17.7 Å². The molecule has 7 heteroatoms. The van der Waals surface area contributed by atoms with Crippen LogP contribution in [0.15, 0.2) is 12.2 Å². The number of amides is 1. The van der Waals surface area contributed by atoms with E-state index in [0.29, 0.717) is 30.1 Å². The molecule has 0 radical (unpaired) electrons. The Labute approximate surface area is 287 Å². The van der Waals surface area contributed by atoms with Gasteiger partial charge in [0.25, 0.3) is 0 Å². The largest absolute Gasteiger partial charge is 0.467 e. The Balaban J connectivity index is 1.50. The minimum Gasteiger partial charge on any atom is -0.467 e. The number of methoxy groups -OCH3 is 1. The van der Waals surface area contributed by atoms with Crippen LogP contribution in [0, 0.1) is 62.6 Å². The third-order valence-electron chi connectivity index (χ3n) is 15.3. The Morgan fingerprint density at radius 3 is 2.20 bits per heavy atom. The first kappa shape index (κ1) is 35.9. The highest BCUT2D eigenvalue weighted by molar-refractivity contribution is 9.09. The lowest BCUT2D eigenvalue weighted by Crippen LogP contribution is -2.67. The van der Waals surface area contributed by atoms with Crippen molar-refractivity contribution >= 4 is 33.8 Å². The zero-order chi connectivity index (χ0) is 34.0. The van der Waals surface area contributed by atoms with E-state index in [1.165, 1.54) is 25.5 Å². The van der Waals surface area contributed by atoms with E-state index in [2.05, 4.69) is 76.3 Å². The molecule has 0 aromatic rings. The smallest absolute Gasteiger partial charge is 0.328 e. The molecule has 0 saturated heterocycles. The van der Waals surface area contributed by atoms with E-state index < -0.39 is 11.5 Å². The van der Waals surface area contributed by atoms with Gasteiger partial charge in [-0.2, -0.15) is 0 Å². The first-order valence-corrected chi connectivity index (χ1v) is 19.3. The zero-order valence-electron chi connectivity index (χ0n) is 30.2. The van der Waals surface area contributed by atoms with E-state index in [9.17, 15) is 14.4 Å². The second kappa shape index (κ2) is 12.5. The molecule has 5 aliphatic carbocycles. The molecular weight excluding hydrogens is 642 g/mol. The molecule has 6 nitrogen and oxygen atoms in total. The summed E-state index contributed by atoms with van der Waals surface area (Å²) in [6, 6.07) is -0.617. The van der Waals surface area contributed by atoms with Gasteiger partial charge in [-0.3, -0.25) is 9.59 Å². The van der Waals surface area contributed by atoms with Crippen molar-refractivity contribution in [2.24, 2.45) is 62.6 Å². The molecule has 0 bridgehead atoms. The number of fused-ring (bicyclic) bond motifs is 7. The fraction of sp³-hybridized carbons (Fsp3) is 0.872. The van der Waals surface area contributed by atoms with Crippen LogP contribution in [0.1, 0.15) is 126 Å². The van der Waals surface area contributed by atoms with Crippen LogP contribution >= 0.6 is 15.9 Å². The van der Waals surface area contributed by atoms with E-state index in [4.69, 9.17) is 9.47 Å². The Bertz CT molecular complexity index is 1230. The van der Waals surface area contributed by atoms with Crippen molar-refractivity contribution in [3.8, 4) is 0 Å². The molecule has 0 aromatic heterocycles. The van der Waals surface area contributed by atoms with Crippen LogP contribution in [0.2, 0.25) is 0 Å². The van der Waals surface area contributed by atoms with Gasteiger partial charge < -0.3 is 14.8 Å². The van der Waals surface area contributed by atoms with Crippen molar-refractivity contribution in [3.05, 3.63) is 12.2 Å². The monoisotopic (exact) mass is 703 g/mol. The topological polar surface area (TPSA) is 81.7 Å². The average molecular weight is 705 g/mol. The predicted molar refractivity (Wildman–Crippen MR) is 186 cm³/mol. The Hall–Kier alpha value is -1.37. The van der Waals surface area contributed by atoms with Gasteiger partial charge in [-0.15, -0.1) is 0 Å². The van der Waals surface area contributed by atoms with Crippen molar-refractivity contribution in [1.29, 1.82) is 0 Å². The molecule has 1 N–H and O–H groups in total. The maximum Gasteiger partial charge on any atom is 0.328 e. The Morgan fingerprint density at radius 1 is 0.891 bits per heavy atom. The van der Waals surface area contributed by atoms with Gasteiger partial charge in [0.05, 0.1) is 12.5 Å². The number of esters is 2. The second-order valence-corrected chi connectivity index (χ2v) is 18.5. The molecule has 11 atom stereocenters. The summed E-state index contributed by atoms with van der Waals surface area (Å²) in [5.74, 6) is 1.84. The van der Waals surface area contributed by atoms with Crippen LogP contribution in [0.25, 0.3) is 0 Å². The highest BCUT2D eigenvalue weighted by atomic mass is 79.9. The van der Waals surface area contributed by atoms with E-state index >= 15 is 0 Å². The summed E-state index contributed by atoms with van der Waals surface area (Å²) in [6.07, 6.45) is 11.0. The van der Waals surface area contributed by atoms with Crippen molar-refractivity contribution < 1.29 is 23.9 Å². The number of halogens is 1. The molecular formula is C39H62BrNO5. The highest BCUT2D eigenvalue weighted by Crippen LogP contribution is 2.77. The minimum atomic E-state index is -0.617. The highest BCUT2D eigenvalue weighted by Gasteiger charge is 2.72. The summed E-state index contributed by atoms with van der Waals surface area (Å²) in [6.45, 7) is 22.7. The van der Waals surface area contributed by atoms with E-state index in [1.807, 2.05) is 0 Å². The lowest BCUT2D eigenvalue weighted by Gasteiger charge is -2.72.